The average Bonchev–Trinajstić information content (AvgIpc) is 3.07. The van der Waals surface area contributed by atoms with Gasteiger partial charge in [-0.05, 0) is 37.8 Å². The standard InChI is InChI=1S/C16H20ClNO2/c17-13-5-6-15-12(11-19)10-18(16(15)9-13)7-1-3-14-4-2-8-20-14/h5-6,9-10,14,19H,1-4,7-8,11H2. The molecule has 1 N–H and O–H groups in total. The molecule has 0 spiro atoms. The number of hydrogen-bond acceptors (Lipinski definition) is 2. The molecule has 1 unspecified atom stereocenters. The van der Waals surface area contributed by atoms with E-state index in [-0.39, 0.29) is 6.61 Å². The first kappa shape index (κ1) is 13.9. The fourth-order valence-corrected chi connectivity index (χ4v) is 3.18. The van der Waals surface area contributed by atoms with E-state index in [4.69, 9.17) is 16.3 Å². The summed E-state index contributed by atoms with van der Waals surface area (Å²) in [6, 6.07) is 5.83. The van der Waals surface area contributed by atoms with Crippen molar-refractivity contribution in [3.8, 4) is 0 Å². The Morgan fingerprint density at radius 2 is 2.30 bits per heavy atom. The lowest BCUT2D eigenvalue weighted by Gasteiger charge is -2.10. The second-order valence-electron chi connectivity index (χ2n) is 5.44. The van der Waals surface area contributed by atoms with E-state index in [1.165, 1.54) is 12.8 Å². The summed E-state index contributed by atoms with van der Waals surface area (Å²) in [4.78, 5) is 0. The highest BCUT2D eigenvalue weighted by atomic mass is 35.5. The van der Waals surface area contributed by atoms with Gasteiger partial charge in [0.05, 0.1) is 12.7 Å². The Labute approximate surface area is 124 Å². The van der Waals surface area contributed by atoms with Gasteiger partial charge in [0.25, 0.3) is 0 Å². The van der Waals surface area contributed by atoms with Crippen molar-refractivity contribution in [3.63, 3.8) is 0 Å². The third-order valence-electron chi connectivity index (χ3n) is 4.05. The molecule has 0 bridgehead atoms. The normalized spacial score (nSPS) is 19.0. The van der Waals surface area contributed by atoms with Gasteiger partial charge in [-0.2, -0.15) is 0 Å². The zero-order valence-corrected chi connectivity index (χ0v) is 12.3. The third-order valence-corrected chi connectivity index (χ3v) is 4.28. The first-order chi connectivity index (χ1) is 9.78. The molecule has 2 heterocycles. The maximum absolute atomic E-state index is 9.45. The molecule has 20 heavy (non-hydrogen) atoms. The zero-order chi connectivity index (χ0) is 13.9. The summed E-state index contributed by atoms with van der Waals surface area (Å²) < 4.78 is 7.85. The molecule has 1 aliphatic heterocycles. The van der Waals surface area contributed by atoms with Crippen molar-refractivity contribution >= 4 is 22.5 Å². The number of benzene rings is 1. The van der Waals surface area contributed by atoms with Crippen molar-refractivity contribution in [1.82, 2.24) is 4.57 Å². The van der Waals surface area contributed by atoms with Crippen LogP contribution in [0.5, 0.6) is 0 Å². The van der Waals surface area contributed by atoms with Crippen molar-refractivity contribution in [2.45, 2.75) is 44.9 Å². The van der Waals surface area contributed by atoms with Crippen LogP contribution in [0, 0.1) is 0 Å². The number of hydrogen-bond donors (Lipinski definition) is 1. The van der Waals surface area contributed by atoms with E-state index in [0.29, 0.717) is 6.10 Å². The van der Waals surface area contributed by atoms with E-state index in [1.54, 1.807) is 0 Å². The fraction of sp³-hybridized carbons (Fsp3) is 0.500. The number of halogens is 1. The molecule has 0 radical (unpaired) electrons. The molecule has 108 valence electrons. The van der Waals surface area contributed by atoms with Gasteiger partial charge in [-0.25, -0.2) is 0 Å². The molecule has 1 saturated heterocycles. The summed E-state index contributed by atoms with van der Waals surface area (Å²) >= 11 is 6.08. The van der Waals surface area contributed by atoms with E-state index >= 15 is 0 Å². The Kier molecular flexibility index (Phi) is 4.29. The number of aliphatic hydroxyl groups is 1. The van der Waals surface area contributed by atoms with Crippen LogP contribution in [-0.2, 0) is 17.9 Å². The van der Waals surface area contributed by atoms with E-state index in [0.717, 1.165) is 47.5 Å². The Hall–Kier alpha value is -1.03. The molecule has 4 heteroatoms. The Balaban J connectivity index is 1.74. The van der Waals surface area contributed by atoms with Crippen LogP contribution >= 0.6 is 11.6 Å². The lowest BCUT2D eigenvalue weighted by Crippen LogP contribution is -2.06. The van der Waals surface area contributed by atoms with Crippen LogP contribution in [0.4, 0.5) is 0 Å². The highest BCUT2D eigenvalue weighted by Crippen LogP contribution is 2.26. The molecule has 1 aliphatic rings. The molecule has 0 saturated carbocycles. The summed E-state index contributed by atoms with van der Waals surface area (Å²) in [5, 5.41) is 11.3. The number of aryl methyl sites for hydroxylation is 1. The highest BCUT2D eigenvalue weighted by Gasteiger charge is 2.15. The number of rotatable bonds is 5. The van der Waals surface area contributed by atoms with Crippen molar-refractivity contribution in [2.24, 2.45) is 0 Å². The van der Waals surface area contributed by atoms with Gasteiger partial charge < -0.3 is 14.4 Å². The lowest BCUT2D eigenvalue weighted by molar-refractivity contribution is 0.101. The predicted octanol–water partition coefficient (Wildman–Crippen LogP) is 3.75. The molecule has 1 atom stereocenters. The maximum Gasteiger partial charge on any atom is 0.0702 e. The van der Waals surface area contributed by atoms with Crippen LogP contribution in [0.25, 0.3) is 10.9 Å². The summed E-state index contributed by atoms with van der Waals surface area (Å²) in [6.07, 6.45) is 7.07. The molecular formula is C16H20ClNO2. The minimum Gasteiger partial charge on any atom is -0.392 e. The molecule has 1 aromatic carbocycles. The van der Waals surface area contributed by atoms with Crippen LogP contribution in [0.3, 0.4) is 0 Å². The van der Waals surface area contributed by atoms with Gasteiger partial charge in [0.15, 0.2) is 0 Å². The van der Waals surface area contributed by atoms with Crippen molar-refractivity contribution < 1.29 is 9.84 Å². The second kappa shape index (κ2) is 6.17. The SMILES string of the molecule is OCc1cn(CCCC2CCCO2)c2cc(Cl)ccc12. The molecule has 1 fully saturated rings. The monoisotopic (exact) mass is 293 g/mol. The van der Waals surface area contributed by atoms with Gasteiger partial charge in [0.2, 0.25) is 0 Å². The van der Waals surface area contributed by atoms with Gasteiger partial charge in [0.1, 0.15) is 0 Å². The third kappa shape index (κ3) is 2.85. The molecule has 0 aliphatic carbocycles. The Morgan fingerprint density at radius 1 is 1.40 bits per heavy atom. The predicted molar refractivity (Wildman–Crippen MR) is 81.1 cm³/mol. The molecular weight excluding hydrogens is 274 g/mol. The molecule has 1 aromatic heterocycles. The minimum absolute atomic E-state index is 0.0663. The number of aliphatic hydroxyl groups excluding tert-OH is 1. The minimum atomic E-state index is 0.0663. The second-order valence-corrected chi connectivity index (χ2v) is 5.88. The summed E-state index contributed by atoms with van der Waals surface area (Å²) in [6.45, 7) is 1.93. The molecule has 2 aromatic rings. The summed E-state index contributed by atoms with van der Waals surface area (Å²) in [7, 11) is 0. The number of aromatic nitrogens is 1. The quantitative estimate of drug-likeness (QED) is 0.911. The largest absolute Gasteiger partial charge is 0.392 e. The smallest absolute Gasteiger partial charge is 0.0702 e. The van der Waals surface area contributed by atoms with Crippen molar-refractivity contribution in [2.75, 3.05) is 6.61 Å². The summed E-state index contributed by atoms with van der Waals surface area (Å²) in [5.41, 5.74) is 2.07. The van der Waals surface area contributed by atoms with E-state index in [1.807, 2.05) is 24.4 Å². The van der Waals surface area contributed by atoms with E-state index < -0.39 is 0 Å². The van der Waals surface area contributed by atoms with Gasteiger partial charge in [-0.1, -0.05) is 17.7 Å². The lowest BCUT2D eigenvalue weighted by atomic mass is 10.1. The topological polar surface area (TPSA) is 34.4 Å². The van der Waals surface area contributed by atoms with Crippen molar-refractivity contribution in [3.05, 3.63) is 35.0 Å². The first-order valence-electron chi connectivity index (χ1n) is 7.27. The van der Waals surface area contributed by atoms with Gasteiger partial charge in [-0.3, -0.25) is 0 Å². The number of ether oxygens (including phenoxy) is 1. The molecule has 0 amide bonds. The van der Waals surface area contributed by atoms with Gasteiger partial charge >= 0.3 is 0 Å². The first-order valence-corrected chi connectivity index (χ1v) is 7.65. The van der Waals surface area contributed by atoms with Crippen LogP contribution in [0.2, 0.25) is 5.02 Å². The Bertz CT molecular complexity index is 587. The number of fused-ring (bicyclic) bond motifs is 1. The van der Waals surface area contributed by atoms with Crippen molar-refractivity contribution in [1.29, 1.82) is 0 Å². The van der Waals surface area contributed by atoms with Crippen LogP contribution in [-0.4, -0.2) is 22.4 Å². The molecule has 3 rings (SSSR count). The maximum atomic E-state index is 9.45. The fourth-order valence-electron chi connectivity index (χ4n) is 3.01. The summed E-state index contributed by atoms with van der Waals surface area (Å²) in [5.74, 6) is 0. The number of nitrogens with zero attached hydrogens (tertiary/aromatic N) is 1. The zero-order valence-electron chi connectivity index (χ0n) is 11.5. The van der Waals surface area contributed by atoms with Crippen LogP contribution in [0.1, 0.15) is 31.2 Å². The van der Waals surface area contributed by atoms with Gasteiger partial charge in [-0.15, -0.1) is 0 Å². The average molecular weight is 294 g/mol. The van der Waals surface area contributed by atoms with Crippen LogP contribution in [0.15, 0.2) is 24.4 Å². The van der Waals surface area contributed by atoms with E-state index in [2.05, 4.69) is 4.57 Å². The highest BCUT2D eigenvalue weighted by molar-refractivity contribution is 6.31. The van der Waals surface area contributed by atoms with E-state index in [9.17, 15) is 5.11 Å². The van der Waals surface area contributed by atoms with Gasteiger partial charge in [0, 0.05) is 40.8 Å². The molecule has 3 nitrogen and oxygen atoms in total. The Morgan fingerprint density at radius 3 is 3.05 bits per heavy atom. The van der Waals surface area contributed by atoms with Crippen LogP contribution < -0.4 is 0 Å².